The molecule has 0 spiro atoms. The predicted molar refractivity (Wildman–Crippen MR) is 67.4 cm³/mol. The first-order valence-corrected chi connectivity index (χ1v) is 5.77. The average Bonchev–Trinajstić information content (AvgIpc) is 2.72. The Morgan fingerprint density at radius 3 is 2.50 bits per heavy atom. The number of benzene rings is 1. The molecule has 0 aliphatic carbocycles. The quantitative estimate of drug-likeness (QED) is 0.703. The smallest absolute Gasteiger partial charge is 0.489 e. The Hall–Kier alpha value is -0.279. The van der Waals surface area contributed by atoms with Crippen molar-refractivity contribution in [1.29, 1.82) is 0 Å². The van der Waals surface area contributed by atoms with Crippen molar-refractivity contribution in [3.8, 4) is 5.75 Å². The summed E-state index contributed by atoms with van der Waals surface area (Å²) in [6.45, 7) is -3.08. The molecule has 0 aliphatic heterocycles. The number of rotatable bonds is 4. The zero-order chi connectivity index (χ0) is 14.0. The van der Waals surface area contributed by atoms with Crippen LogP contribution >= 0.6 is 0 Å². The maximum absolute atomic E-state index is 12.6. The second-order valence-corrected chi connectivity index (χ2v) is 4.41. The molecule has 0 amide bonds. The molecule has 0 bridgehead atoms. The molecule has 0 saturated carbocycles. The van der Waals surface area contributed by atoms with Crippen molar-refractivity contribution >= 4 is 12.4 Å². The van der Waals surface area contributed by atoms with E-state index in [4.69, 9.17) is 4.74 Å². The second-order valence-electron chi connectivity index (χ2n) is 4.41. The Balaban J connectivity index is 0.00000200. The molecule has 0 aliphatic rings. The largest absolute Gasteiger partial charge is 1.00 e. The molecule has 3 nitrogen and oxygen atoms in total. The maximum atomic E-state index is 12.6. The van der Waals surface area contributed by atoms with Crippen molar-refractivity contribution in [1.82, 2.24) is 9.78 Å². The molecule has 1 aromatic carbocycles. The van der Waals surface area contributed by atoms with Gasteiger partial charge in [0.1, 0.15) is 12.4 Å². The second kappa shape index (κ2) is 7.13. The van der Waals surface area contributed by atoms with Crippen LogP contribution in [0.5, 0.6) is 5.75 Å². The third-order valence-electron chi connectivity index (χ3n) is 2.73. The van der Waals surface area contributed by atoms with E-state index in [1.54, 1.807) is 31.0 Å². The predicted octanol–water partition coefficient (Wildman–Crippen LogP) is -0.634. The molecule has 0 radical (unpaired) electrons. The summed E-state index contributed by atoms with van der Waals surface area (Å²) >= 11 is 0. The fraction of sp³-hybridized carbons (Fsp3) is 0.250. The van der Waals surface area contributed by atoms with Crippen LogP contribution in [-0.2, 0) is 13.7 Å². The summed E-state index contributed by atoms with van der Waals surface area (Å²) in [6, 6.07) is 3.51. The molecule has 0 fully saturated rings. The van der Waals surface area contributed by atoms with Crippen LogP contribution in [0.2, 0.25) is 0 Å². The molecule has 2 aromatic rings. The number of aromatic nitrogens is 2. The number of nitrogens with zero attached hydrogens (tertiary/aromatic N) is 2. The molecule has 102 valence electrons. The summed E-state index contributed by atoms with van der Waals surface area (Å²) in [5.41, 5.74) is 0.734. The summed E-state index contributed by atoms with van der Waals surface area (Å²) in [5, 5.41) is 3.99. The Bertz CT molecular complexity index is 586. The topological polar surface area (TPSA) is 27.1 Å². The van der Waals surface area contributed by atoms with E-state index in [2.05, 4.69) is 5.10 Å². The standard InChI is InChI=1S/C12H13BF3N2O.K/c1-9-5-11(13(14,15)16)3-4-12(9)19-8-10-6-17-18(2)7-10;/h3-7H,8H2,1-2H3;/q-1;+1. The van der Waals surface area contributed by atoms with Gasteiger partial charge in [0.25, 0.3) is 0 Å². The molecule has 8 heteroatoms. The fourth-order valence-electron chi connectivity index (χ4n) is 1.75. The molecule has 0 saturated heterocycles. The summed E-state index contributed by atoms with van der Waals surface area (Å²) in [7, 11) is 1.79. The molecule has 0 N–H and O–H groups in total. The maximum Gasteiger partial charge on any atom is 1.00 e. The van der Waals surface area contributed by atoms with Gasteiger partial charge in [0, 0.05) is 18.8 Å². The number of hydrogen-bond acceptors (Lipinski definition) is 2. The van der Waals surface area contributed by atoms with Gasteiger partial charge in [0.05, 0.1) is 6.20 Å². The van der Waals surface area contributed by atoms with E-state index < -0.39 is 12.4 Å². The van der Waals surface area contributed by atoms with Crippen LogP contribution < -0.4 is 61.6 Å². The summed E-state index contributed by atoms with van der Waals surface area (Å²) in [4.78, 5) is 0. The van der Waals surface area contributed by atoms with Crippen LogP contribution in [0.3, 0.4) is 0 Å². The van der Waals surface area contributed by atoms with Gasteiger partial charge >= 0.3 is 58.4 Å². The van der Waals surface area contributed by atoms with Crippen molar-refractivity contribution in [2.24, 2.45) is 7.05 Å². The van der Waals surface area contributed by atoms with E-state index >= 15 is 0 Å². The number of halogens is 3. The number of aryl methyl sites for hydroxylation is 2. The zero-order valence-corrected chi connectivity index (χ0v) is 14.7. The van der Waals surface area contributed by atoms with Gasteiger partial charge in [-0.2, -0.15) is 5.10 Å². The van der Waals surface area contributed by atoms with Crippen LogP contribution in [0, 0.1) is 6.92 Å². The van der Waals surface area contributed by atoms with E-state index in [1.165, 1.54) is 6.07 Å². The Morgan fingerprint density at radius 2 is 2.00 bits per heavy atom. The normalized spacial score (nSPS) is 11.1. The molecular weight excluding hydrogens is 295 g/mol. The van der Waals surface area contributed by atoms with Crippen molar-refractivity contribution < 1.29 is 69.1 Å². The summed E-state index contributed by atoms with van der Waals surface area (Å²) in [6.07, 6.45) is 3.45. The number of hydrogen-bond donors (Lipinski definition) is 0. The van der Waals surface area contributed by atoms with Gasteiger partial charge < -0.3 is 17.7 Å². The third kappa shape index (κ3) is 4.63. The molecule has 0 atom stereocenters. The Kier molecular flexibility index (Phi) is 6.33. The van der Waals surface area contributed by atoms with Crippen molar-refractivity contribution in [2.75, 3.05) is 0 Å². The van der Waals surface area contributed by atoms with E-state index in [1.807, 2.05) is 0 Å². The Labute approximate surface area is 158 Å². The van der Waals surface area contributed by atoms with E-state index in [0.29, 0.717) is 11.3 Å². The molecule has 0 unspecified atom stereocenters. The third-order valence-corrected chi connectivity index (χ3v) is 2.73. The average molecular weight is 308 g/mol. The fourth-order valence-corrected chi connectivity index (χ4v) is 1.75. The molecular formula is C12H13BF3KN2O. The summed E-state index contributed by atoms with van der Waals surface area (Å²) in [5.74, 6) is 0.452. The van der Waals surface area contributed by atoms with Crippen molar-refractivity contribution in [2.45, 2.75) is 13.5 Å². The molecule has 1 heterocycles. The minimum Gasteiger partial charge on any atom is -0.489 e. The minimum atomic E-state index is -4.96. The van der Waals surface area contributed by atoms with Crippen LogP contribution in [0.25, 0.3) is 0 Å². The monoisotopic (exact) mass is 308 g/mol. The number of ether oxygens (including phenoxy) is 1. The van der Waals surface area contributed by atoms with Gasteiger partial charge in [0.15, 0.2) is 0 Å². The van der Waals surface area contributed by atoms with E-state index in [9.17, 15) is 12.9 Å². The van der Waals surface area contributed by atoms with Crippen molar-refractivity contribution in [3.05, 3.63) is 41.7 Å². The van der Waals surface area contributed by atoms with E-state index in [-0.39, 0.29) is 58.0 Å². The summed E-state index contributed by atoms with van der Waals surface area (Å²) < 4.78 is 44.8. The molecule has 2 rings (SSSR count). The molecule has 1 aromatic heterocycles. The van der Waals surface area contributed by atoms with Crippen LogP contribution in [-0.4, -0.2) is 16.8 Å². The minimum absolute atomic E-state index is 0. The zero-order valence-electron chi connectivity index (χ0n) is 11.6. The first kappa shape index (κ1) is 17.8. The van der Waals surface area contributed by atoms with Gasteiger partial charge in [0.2, 0.25) is 0 Å². The van der Waals surface area contributed by atoms with Gasteiger partial charge in [-0.25, -0.2) is 0 Å². The van der Waals surface area contributed by atoms with Crippen LogP contribution in [0.4, 0.5) is 12.9 Å². The van der Waals surface area contributed by atoms with Crippen molar-refractivity contribution in [3.63, 3.8) is 0 Å². The SMILES string of the molecule is Cc1cc([B-](F)(F)F)ccc1OCc1cnn(C)c1.[K+]. The van der Waals surface area contributed by atoms with Gasteiger partial charge in [-0.1, -0.05) is 12.1 Å². The Morgan fingerprint density at radius 1 is 1.30 bits per heavy atom. The van der Waals surface area contributed by atoms with E-state index in [0.717, 1.165) is 17.7 Å². The van der Waals surface area contributed by atoms with Crippen LogP contribution in [0.15, 0.2) is 30.6 Å². The van der Waals surface area contributed by atoms with Crippen LogP contribution in [0.1, 0.15) is 11.1 Å². The van der Waals surface area contributed by atoms with Gasteiger partial charge in [-0.15, -0.1) is 5.46 Å². The van der Waals surface area contributed by atoms with Gasteiger partial charge in [-0.05, 0) is 18.6 Å². The first-order chi connectivity index (χ1) is 8.86. The molecule has 20 heavy (non-hydrogen) atoms. The first-order valence-electron chi connectivity index (χ1n) is 5.77. The van der Waals surface area contributed by atoms with Gasteiger partial charge in [-0.3, -0.25) is 4.68 Å².